The average molecular weight is 251 g/mol. The van der Waals surface area contributed by atoms with E-state index in [1.807, 2.05) is 25.1 Å². The van der Waals surface area contributed by atoms with Crippen molar-refractivity contribution >= 4 is 11.7 Å². The number of carbonyl (C=O) groups is 1. The summed E-state index contributed by atoms with van der Waals surface area (Å²) in [5, 5.41) is 8.95. The smallest absolute Gasteiger partial charge is 0.308 e. The predicted octanol–water partition coefficient (Wildman–Crippen LogP) is 1.34. The van der Waals surface area contributed by atoms with Crippen molar-refractivity contribution in [2.24, 2.45) is 0 Å². The third-order valence-electron chi connectivity index (χ3n) is 3.11. The molecule has 0 atom stereocenters. The third-order valence-corrected chi connectivity index (χ3v) is 3.11. The molecule has 0 amide bonds. The van der Waals surface area contributed by atoms with Crippen LogP contribution in [0.15, 0.2) is 18.2 Å². The standard InChI is InChI=1S/C13H17NO4/c1-9-3-2-4-10(12(9)14)7-13(8-11(15)16)17-5-6-18-13/h2-4H,5-8,14H2,1H3,(H,15,16). The van der Waals surface area contributed by atoms with E-state index < -0.39 is 11.8 Å². The molecule has 3 N–H and O–H groups in total. The lowest BCUT2D eigenvalue weighted by molar-refractivity contribution is -0.178. The van der Waals surface area contributed by atoms with Crippen molar-refractivity contribution in [1.82, 2.24) is 0 Å². The minimum atomic E-state index is -1.08. The van der Waals surface area contributed by atoms with E-state index in [0.29, 0.717) is 25.3 Å². The van der Waals surface area contributed by atoms with E-state index in [-0.39, 0.29) is 6.42 Å². The summed E-state index contributed by atoms with van der Waals surface area (Å²) < 4.78 is 11.0. The van der Waals surface area contributed by atoms with Crippen LogP contribution >= 0.6 is 0 Å². The van der Waals surface area contributed by atoms with Gasteiger partial charge in [-0.3, -0.25) is 4.79 Å². The van der Waals surface area contributed by atoms with Gasteiger partial charge in [-0.1, -0.05) is 18.2 Å². The number of hydrogen-bond donors (Lipinski definition) is 2. The molecule has 1 fully saturated rings. The maximum Gasteiger partial charge on any atom is 0.308 e. The Kier molecular flexibility index (Phi) is 3.54. The molecule has 1 saturated heterocycles. The minimum absolute atomic E-state index is 0.180. The lowest BCUT2D eigenvalue weighted by atomic mass is 9.98. The maximum atomic E-state index is 10.9. The van der Waals surface area contributed by atoms with Gasteiger partial charge in [0.1, 0.15) is 0 Å². The van der Waals surface area contributed by atoms with Crippen molar-refractivity contribution in [3.63, 3.8) is 0 Å². The third kappa shape index (κ3) is 2.63. The van der Waals surface area contributed by atoms with Crippen LogP contribution in [0.4, 0.5) is 5.69 Å². The molecule has 0 unspecified atom stereocenters. The quantitative estimate of drug-likeness (QED) is 0.789. The Bertz CT molecular complexity index is 452. The molecule has 1 aromatic carbocycles. The first-order valence-corrected chi connectivity index (χ1v) is 5.86. The van der Waals surface area contributed by atoms with Gasteiger partial charge in [-0.2, -0.15) is 0 Å². The second kappa shape index (κ2) is 4.96. The minimum Gasteiger partial charge on any atom is -0.481 e. The molecule has 1 aliphatic heterocycles. The molecule has 18 heavy (non-hydrogen) atoms. The van der Waals surface area contributed by atoms with E-state index in [4.69, 9.17) is 20.3 Å². The number of hydrogen-bond acceptors (Lipinski definition) is 4. The molecule has 1 heterocycles. The Labute approximate surface area is 106 Å². The van der Waals surface area contributed by atoms with Crippen molar-refractivity contribution < 1.29 is 19.4 Å². The molecule has 0 aliphatic carbocycles. The maximum absolute atomic E-state index is 10.9. The van der Waals surface area contributed by atoms with Gasteiger partial charge in [0.05, 0.1) is 19.6 Å². The largest absolute Gasteiger partial charge is 0.481 e. The number of carboxylic acid groups (broad SMARTS) is 1. The van der Waals surface area contributed by atoms with Crippen LogP contribution in [0, 0.1) is 6.92 Å². The fourth-order valence-corrected chi connectivity index (χ4v) is 2.18. The summed E-state index contributed by atoms with van der Waals surface area (Å²) in [6.07, 6.45) is 0.174. The van der Waals surface area contributed by atoms with Gasteiger partial charge in [0.25, 0.3) is 0 Å². The van der Waals surface area contributed by atoms with Crippen molar-refractivity contribution in [3.05, 3.63) is 29.3 Å². The first-order valence-electron chi connectivity index (χ1n) is 5.86. The Morgan fingerprint density at radius 1 is 1.44 bits per heavy atom. The summed E-state index contributed by atoms with van der Waals surface area (Å²) in [4.78, 5) is 10.9. The van der Waals surface area contributed by atoms with Crippen LogP contribution in [0.2, 0.25) is 0 Å². The van der Waals surface area contributed by atoms with Crippen molar-refractivity contribution in [3.8, 4) is 0 Å². The van der Waals surface area contributed by atoms with E-state index in [2.05, 4.69) is 0 Å². The van der Waals surface area contributed by atoms with Gasteiger partial charge < -0.3 is 20.3 Å². The van der Waals surface area contributed by atoms with Gasteiger partial charge in [0.15, 0.2) is 5.79 Å². The van der Waals surface area contributed by atoms with Crippen molar-refractivity contribution in [2.45, 2.75) is 25.6 Å². The van der Waals surface area contributed by atoms with Crippen LogP contribution in [0.1, 0.15) is 17.5 Å². The number of para-hydroxylation sites is 1. The van der Waals surface area contributed by atoms with Crippen molar-refractivity contribution in [2.75, 3.05) is 18.9 Å². The number of anilines is 1. The lowest BCUT2D eigenvalue weighted by Gasteiger charge is -2.26. The summed E-state index contributed by atoms with van der Waals surface area (Å²) in [5.74, 6) is -2.02. The summed E-state index contributed by atoms with van der Waals surface area (Å²) in [6.45, 7) is 2.75. The molecule has 0 aromatic heterocycles. The molecule has 1 aromatic rings. The number of ether oxygens (including phenoxy) is 2. The molecule has 0 radical (unpaired) electrons. The number of nitrogen functional groups attached to an aromatic ring is 1. The van der Waals surface area contributed by atoms with Gasteiger partial charge in [-0.15, -0.1) is 0 Å². The molecule has 0 spiro atoms. The highest BCUT2D eigenvalue weighted by molar-refractivity contribution is 5.68. The van der Waals surface area contributed by atoms with Crippen LogP contribution in [0.25, 0.3) is 0 Å². The predicted molar refractivity (Wildman–Crippen MR) is 66.2 cm³/mol. The number of carboxylic acids is 1. The first-order chi connectivity index (χ1) is 8.52. The highest BCUT2D eigenvalue weighted by Crippen LogP contribution is 2.30. The lowest BCUT2D eigenvalue weighted by Crippen LogP contribution is -2.36. The zero-order valence-corrected chi connectivity index (χ0v) is 10.3. The molecule has 2 rings (SSSR count). The van der Waals surface area contributed by atoms with Crippen LogP contribution in [0.5, 0.6) is 0 Å². The van der Waals surface area contributed by atoms with Crippen LogP contribution < -0.4 is 5.73 Å². The molecule has 0 saturated carbocycles. The number of aryl methyl sites for hydroxylation is 1. The fourth-order valence-electron chi connectivity index (χ4n) is 2.18. The van der Waals surface area contributed by atoms with E-state index in [1.54, 1.807) is 0 Å². The Hall–Kier alpha value is -1.59. The summed E-state index contributed by atoms with van der Waals surface area (Å²) >= 11 is 0. The summed E-state index contributed by atoms with van der Waals surface area (Å²) in [5.41, 5.74) is 8.49. The molecular weight excluding hydrogens is 234 g/mol. The average Bonchev–Trinajstić information content (AvgIpc) is 2.72. The number of nitrogens with two attached hydrogens (primary N) is 1. The van der Waals surface area contributed by atoms with Gasteiger partial charge in [0.2, 0.25) is 0 Å². The van der Waals surface area contributed by atoms with Gasteiger partial charge in [-0.25, -0.2) is 0 Å². The second-order valence-corrected chi connectivity index (χ2v) is 4.50. The zero-order valence-electron chi connectivity index (χ0n) is 10.3. The normalized spacial score (nSPS) is 17.8. The molecular formula is C13H17NO4. The van der Waals surface area contributed by atoms with Gasteiger partial charge >= 0.3 is 5.97 Å². The highest BCUT2D eigenvalue weighted by atomic mass is 16.7. The topological polar surface area (TPSA) is 81.8 Å². The van der Waals surface area contributed by atoms with Crippen LogP contribution in [-0.2, 0) is 20.7 Å². The van der Waals surface area contributed by atoms with E-state index in [9.17, 15) is 4.79 Å². The Morgan fingerprint density at radius 3 is 2.72 bits per heavy atom. The number of rotatable bonds is 4. The Morgan fingerprint density at radius 2 is 2.11 bits per heavy atom. The summed E-state index contributed by atoms with van der Waals surface area (Å²) in [6, 6.07) is 5.68. The first kappa shape index (κ1) is 12.9. The van der Waals surface area contributed by atoms with Crippen molar-refractivity contribution in [1.29, 1.82) is 0 Å². The van der Waals surface area contributed by atoms with Crippen LogP contribution in [0.3, 0.4) is 0 Å². The second-order valence-electron chi connectivity index (χ2n) is 4.50. The molecule has 5 nitrogen and oxygen atoms in total. The fraction of sp³-hybridized carbons (Fsp3) is 0.462. The SMILES string of the molecule is Cc1cccc(CC2(CC(=O)O)OCCO2)c1N. The van der Waals surface area contributed by atoms with Gasteiger partial charge in [-0.05, 0) is 18.1 Å². The monoisotopic (exact) mass is 251 g/mol. The number of aliphatic carboxylic acids is 1. The van der Waals surface area contributed by atoms with Crippen LogP contribution in [-0.4, -0.2) is 30.1 Å². The number of benzene rings is 1. The van der Waals surface area contributed by atoms with E-state index in [0.717, 1.165) is 11.1 Å². The van der Waals surface area contributed by atoms with E-state index in [1.165, 1.54) is 0 Å². The molecule has 0 bridgehead atoms. The Balaban J connectivity index is 2.23. The molecule has 98 valence electrons. The van der Waals surface area contributed by atoms with E-state index >= 15 is 0 Å². The zero-order chi connectivity index (χ0) is 13.2. The molecule has 5 heteroatoms. The molecule has 1 aliphatic rings. The summed E-state index contributed by atoms with van der Waals surface area (Å²) in [7, 11) is 0. The highest BCUT2D eigenvalue weighted by Gasteiger charge is 2.39. The van der Waals surface area contributed by atoms with Gasteiger partial charge in [0, 0.05) is 12.1 Å².